The Morgan fingerprint density at radius 1 is 1.04 bits per heavy atom. The highest BCUT2D eigenvalue weighted by atomic mass is 127. The van der Waals surface area contributed by atoms with Gasteiger partial charge in [0, 0.05) is 12.1 Å². The molecular weight excluding hydrogens is 801 g/mol. The topological polar surface area (TPSA) is 140 Å². The van der Waals surface area contributed by atoms with Crippen LogP contribution in [0, 0.1) is 21.3 Å². The van der Waals surface area contributed by atoms with Crippen molar-refractivity contribution >= 4 is 51.7 Å². The predicted octanol–water partition coefficient (Wildman–Crippen LogP) is 6.23. The normalized spacial score (nSPS) is 20.6. The van der Waals surface area contributed by atoms with Gasteiger partial charge in [-0.1, -0.05) is 6.07 Å². The molecule has 0 unspecified atom stereocenters. The SMILES string of the molecule is COc1cc(/C=C(/CC[C@@H](O)C2=C(CO)C[C@H]3C(=O)N(c4cc(C(F)(F)F)cc(C(F)(F)F)c4)C(=O)[C@H]3[C@H]2CO)c2ccccn2)cc(I)c1O. The molecule has 16 heteroatoms. The van der Waals surface area contributed by atoms with E-state index in [2.05, 4.69) is 4.98 Å². The smallest absolute Gasteiger partial charge is 0.416 e. The minimum Gasteiger partial charge on any atom is -0.504 e. The van der Waals surface area contributed by atoms with Gasteiger partial charge in [0.15, 0.2) is 11.5 Å². The number of hydrogen-bond donors (Lipinski definition) is 4. The number of methoxy groups -OCH3 is 1. The molecular formula is C35H31F6IN2O7. The number of phenols is 1. The van der Waals surface area contributed by atoms with Crippen LogP contribution in [0.5, 0.6) is 11.5 Å². The maximum absolute atomic E-state index is 13.8. The van der Waals surface area contributed by atoms with Crippen molar-refractivity contribution in [3.05, 3.63) is 91.8 Å². The van der Waals surface area contributed by atoms with Crippen LogP contribution >= 0.6 is 22.6 Å². The quantitative estimate of drug-likeness (QED) is 0.0817. The highest BCUT2D eigenvalue weighted by Gasteiger charge is 2.55. The summed E-state index contributed by atoms with van der Waals surface area (Å²) in [6.07, 6.45) is -8.78. The van der Waals surface area contributed by atoms with Crippen LogP contribution in [-0.2, 0) is 21.9 Å². The van der Waals surface area contributed by atoms with Crippen LogP contribution in [0.25, 0.3) is 11.6 Å². The number of amides is 2. The van der Waals surface area contributed by atoms with Gasteiger partial charge in [-0.3, -0.25) is 14.6 Å². The van der Waals surface area contributed by atoms with E-state index in [4.69, 9.17) is 4.74 Å². The number of alkyl halides is 6. The fourth-order valence-electron chi connectivity index (χ4n) is 6.74. The van der Waals surface area contributed by atoms with E-state index in [9.17, 15) is 56.4 Å². The van der Waals surface area contributed by atoms with Gasteiger partial charge in [0.25, 0.3) is 0 Å². The lowest BCUT2D eigenvalue weighted by molar-refractivity contribution is -0.143. The van der Waals surface area contributed by atoms with Crippen molar-refractivity contribution in [2.45, 2.75) is 37.7 Å². The van der Waals surface area contributed by atoms with E-state index in [0.29, 0.717) is 20.4 Å². The maximum atomic E-state index is 13.8. The van der Waals surface area contributed by atoms with Gasteiger partial charge in [-0.25, -0.2) is 4.90 Å². The number of anilines is 1. The lowest BCUT2D eigenvalue weighted by Gasteiger charge is -2.36. The van der Waals surface area contributed by atoms with Gasteiger partial charge >= 0.3 is 12.4 Å². The summed E-state index contributed by atoms with van der Waals surface area (Å²) in [5, 5.41) is 42.7. The Morgan fingerprint density at radius 2 is 1.71 bits per heavy atom. The monoisotopic (exact) mass is 832 g/mol. The van der Waals surface area contributed by atoms with Crippen molar-refractivity contribution in [1.29, 1.82) is 0 Å². The number of aliphatic hydroxyl groups excluding tert-OH is 3. The van der Waals surface area contributed by atoms with Crippen molar-refractivity contribution in [2.75, 3.05) is 25.2 Å². The summed E-state index contributed by atoms with van der Waals surface area (Å²) in [4.78, 5) is 32.0. The van der Waals surface area contributed by atoms with Crippen LogP contribution < -0.4 is 9.64 Å². The van der Waals surface area contributed by atoms with Crippen LogP contribution in [0.2, 0.25) is 0 Å². The van der Waals surface area contributed by atoms with E-state index in [1.807, 2.05) is 22.6 Å². The predicted molar refractivity (Wildman–Crippen MR) is 180 cm³/mol. The summed E-state index contributed by atoms with van der Waals surface area (Å²) in [7, 11) is 1.40. The average Bonchev–Trinajstić information content (AvgIpc) is 3.34. The molecule has 272 valence electrons. The van der Waals surface area contributed by atoms with E-state index in [-0.39, 0.29) is 65.0 Å². The number of rotatable bonds is 10. The van der Waals surface area contributed by atoms with Gasteiger partial charge in [-0.15, -0.1) is 0 Å². The van der Waals surface area contributed by atoms with Crippen LogP contribution in [0.4, 0.5) is 32.0 Å². The molecule has 1 aliphatic carbocycles. The first kappa shape index (κ1) is 38.2. The van der Waals surface area contributed by atoms with Gasteiger partial charge in [-0.05, 0) is 113 Å². The fraction of sp³-hybridized carbons (Fsp3) is 0.343. The summed E-state index contributed by atoms with van der Waals surface area (Å²) in [6, 6.07) is 8.93. The number of carbonyl (C=O) groups is 2. The largest absolute Gasteiger partial charge is 0.504 e. The van der Waals surface area contributed by atoms with E-state index < -0.39 is 78.1 Å². The Labute approximate surface area is 301 Å². The average molecular weight is 833 g/mol. The summed E-state index contributed by atoms with van der Waals surface area (Å²) in [5.41, 5.74) is -2.40. The Bertz CT molecular complexity index is 1850. The van der Waals surface area contributed by atoms with E-state index in [1.54, 1.807) is 42.6 Å². The Balaban J connectivity index is 1.48. The number of hydrogen-bond acceptors (Lipinski definition) is 8. The van der Waals surface area contributed by atoms with Crippen molar-refractivity contribution in [2.24, 2.45) is 17.8 Å². The van der Waals surface area contributed by atoms with Crippen molar-refractivity contribution in [1.82, 2.24) is 4.98 Å². The standard InChI is InChI=1S/C35H31F6IN2O7/c1-51-28-10-17(9-25(42)31(28)48)8-18(26-4-2-3-7-43-26)5-6-27(47)29-19(15-45)11-23-30(24(29)16-46)33(50)44(32(23)49)22-13-20(34(36,37)38)12-21(14-22)35(39,40)41/h2-4,7-10,12-14,23-24,27,30,45-48H,5-6,11,15-16H2,1H3/b18-8-/t23-,24+,27-,30-/m1/s1. The molecule has 0 radical (unpaired) electrons. The summed E-state index contributed by atoms with van der Waals surface area (Å²) in [5.74, 6) is -6.11. The molecule has 0 spiro atoms. The highest BCUT2D eigenvalue weighted by Crippen LogP contribution is 2.48. The van der Waals surface area contributed by atoms with Gasteiger partial charge in [-0.2, -0.15) is 26.3 Å². The third-order valence-electron chi connectivity index (χ3n) is 9.05. The molecule has 1 saturated heterocycles. The van der Waals surface area contributed by atoms with E-state index >= 15 is 0 Å². The number of pyridine rings is 1. The van der Waals surface area contributed by atoms with Crippen LogP contribution in [0.3, 0.4) is 0 Å². The number of ether oxygens (including phenoxy) is 1. The van der Waals surface area contributed by atoms with E-state index in [0.717, 1.165) is 0 Å². The lowest BCUT2D eigenvalue weighted by Crippen LogP contribution is -2.39. The number of aromatic nitrogens is 1. The number of fused-ring (bicyclic) bond motifs is 1. The molecule has 2 aliphatic rings. The number of nitrogens with zero attached hydrogens (tertiary/aromatic N) is 2. The minimum atomic E-state index is -5.24. The molecule has 2 amide bonds. The molecule has 2 aromatic carbocycles. The van der Waals surface area contributed by atoms with Crippen LogP contribution in [0.1, 0.15) is 41.6 Å². The van der Waals surface area contributed by atoms with Gasteiger partial charge in [0.2, 0.25) is 11.8 Å². The van der Waals surface area contributed by atoms with Crippen molar-refractivity contribution < 1.29 is 61.1 Å². The second-order valence-electron chi connectivity index (χ2n) is 12.1. The molecule has 1 fully saturated rings. The third kappa shape index (κ3) is 7.78. The van der Waals surface area contributed by atoms with Crippen molar-refractivity contribution in [3.63, 3.8) is 0 Å². The molecule has 2 heterocycles. The molecule has 4 N–H and O–H groups in total. The first-order chi connectivity index (χ1) is 24.0. The number of benzene rings is 2. The van der Waals surface area contributed by atoms with Crippen LogP contribution in [0.15, 0.2) is 65.9 Å². The first-order valence-electron chi connectivity index (χ1n) is 15.5. The third-order valence-corrected chi connectivity index (χ3v) is 9.88. The zero-order chi connectivity index (χ0) is 37.4. The summed E-state index contributed by atoms with van der Waals surface area (Å²) in [6.45, 7) is -1.53. The zero-order valence-corrected chi connectivity index (χ0v) is 28.8. The molecule has 3 aromatic rings. The zero-order valence-electron chi connectivity index (χ0n) is 26.7. The highest BCUT2D eigenvalue weighted by molar-refractivity contribution is 14.1. The van der Waals surface area contributed by atoms with Crippen molar-refractivity contribution in [3.8, 4) is 11.5 Å². The van der Waals surface area contributed by atoms with Gasteiger partial charge in [0.05, 0.1) is 64.3 Å². The molecule has 5 rings (SSSR count). The van der Waals surface area contributed by atoms with Gasteiger partial charge in [0.1, 0.15) is 0 Å². The Hall–Kier alpha value is -4.00. The summed E-state index contributed by atoms with van der Waals surface area (Å²) < 4.78 is 87.5. The second-order valence-corrected chi connectivity index (χ2v) is 13.3. The van der Waals surface area contributed by atoms with Crippen LogP contribution in [-0.4, -0.2) is 63.7 Å². The maximum Gasteiger partial charge on any atom is 0.416 e. The molecule has 1 aliphatic heterocycles. The number of carbonyl (C=O) groups excluding carboxylic acids is 2. The fourth-order valence-corrected chi connectivity index (χ4v) is 7.36. The molecule has 51 heavy (non-hydrogen) atoms. The number of allylic oxidation sites excluding steroid dienone is 1. The lowest BCUT2D eigenvalue weighted by atomic mass is 9.68. The minimum absolute atomic E-state index is 0.0458. The Morgan fingerprint density at radius 3 is 2.25 bits per heavy atom. The second kappa shape index (κ2) is 14.9. The molecule has 0 bridgehead atoms. The molecule has 0 saturated carbocycles. The van der Waals surface area contributed by atoms with E-state index in [1.165, 1.54) is 7.11 Å². The molecule has 4 atom stereocenters. The number of halogens is 7. The number of phenolic OH excluding ortho intramolecular Hbond substituents is 1. The first-order valence-corrected chi connectivity index (χ1v) is 16.5. The molecule has 9 nitrogen and oxygen atoms in total. The summed E-state index contributed by atoms with van der Waals surface area (Å²) >= 11 is 1.94. The number of aromatic hydroxyl groups is 1. The van der Waals surface area contributed by atoms with Gasteiger partial charge < -0.3 is 25.2 Å². The number of imide groups is 1. The molecule has 1 aromatic heterocycles. The Kier molecular flexibility index (Phi) is 11.2. The number of aliphatic hydroxyl groups is 3.